The number of hydrogen-bond acceptors (Lipinski definition) is 3. The fourth-order valence-corrected chi connectivity index (χ4v) is 4.91. The van der Waals surface area contributed by atoms with E-state index in [2.05, 4.69) is 38.1 Å². The highest BCUT2D eigenvalue weighted by atomic mass is 16.1. The first kappa shape index (κ1) is 18.5. The number of aryl methyl sites for hydroxylation is 2. The van der Waals surface area contributed by atoms with Crippen LogP contribution >= 0.6 is 0 Å². The summed E-state index contributed by atoms with van der Waals surface area (Å²) in [5, 5.41) is 7.78. The van der Waals surface area contributed by atoms with Crippen molar-refractivity contribution in [1.82, 2.24) is 19.9 Å². The van der Waals surface area contributed by atoms with Crippen LogP contribution in [0.5, 0.6) is 0 Å². The molecule has 2 aromatic rings. The average Bonchev–Trinajstić information content (AvgIpc) is 3.06. The molecule has 0 aromatic carbocycles. The molecule has 0 unspecified atom stereocenters. The highest BCUT2D eigenvalue weighted by molar-refractivity contribution is 5.99. The van der Waals surface area contributed by atoms with Gasteiger partial charge in [0.05, 0.1) is 6.20 Å². The van der Waals surface area contributed by atoms with Crippen molar-refractivity contribution in [2.75, 3.05) is 0 Å². The van der Waals surface area contributed by atoms with Crippen LogP contribution in [0.15, 0.2) is 6.20 Å². The van der Waals surface area contributed by atoms with Crippen LogP contribution in [0.25, 0.3) is 5.65 Å². The fourth-order valence-electron chi connectivity index (χ4n) is 4.91. The van der Waals surface area contributed by atoms with Gasteiger partial charge in [0.15, 0.2) is 5.65 Å². The Morgan fingerprint density at radius 2 is 1.85 bits per heavy atom. The molecule has 2 aliphatic carbocycles. The van der Waals surface area contributed by atoms with E-state index in [1.165, 1.54) is 36.9 Å². The summed E-state index contributed by atoms with van der Waals surface area (Å²) in [7, 11) is 0. The van der Waals surface area contributed by atoms with Gasteiger partial charge in [-0.05, 0) is 75.2 Å². The van der Waals surface area contributed by atoms with Crippen LogP contribution in [0.3, 0.4) is 0 Å². The maximum atomic E-state index is 12.9. The van der Waals surface area contributed by atoms with Gasteiger partial charge in [0, 0.05) is 17.4 Å². The molecule has 5 heteroatoms. The third-order valence-electron chi connectivity index (χ3n) is 6.68. The first-order valence-corrected chi connectivity index (χ1v) is 10.5. The van der Waals surface area contributed by atoms with E-state index in [9.17, 15) is 4.79 Å². The molecular weight excluding hydrogens is 336 g/mol. The first-order chi connectivity index (χ1) is 12.8. The molecule has 2 aromatic heterocycles. The van der Waals surface area contributed by atoms with E-state index >= 15 is 0 Å². The monoisotopic (exact) mass is 368 g/mol. The summed E-state index contributed by atoms with van der Waals surface area (Å²) in [4.78, 5) is 17.7. The summed E-state index contributed by atoms with van der Waals surface area (Å²) in [5.74, 6) is 0.727. The Hall–Kier alpha value is -1.91. The Morgan fingerprint density at radius 1 is 1.15 bits per heavy atom. The van der Waals surface area contributed by atoms with E-state index in [1.54, 1.807) is 6.20 Å². The van der Waals surface area contributed by atoms with Crippen LogP contribution in [-0.2, 0) is 12.8 Å². The largest absolute Gasteiger partial charge is 0.349 e. The van der Waals surface area contributed by atoms with Crippen LogP contribution in [-0.4, -0.2) is 26.5 Å². The highest BCUT2D eigenvalue weighted by Crippen LogP contribution is 2.37. The average molecular weight is 369 g/mol. The van der Waals surface area contributed by atoms with E-state index < -0.39 is 0 Å². The molecule has 0 bridgehead atoms. The molecule has 5 nitrogen and oxygen atoms in total. The van der Waals surface area contributed by atoms with E-state index in [0.29, 0.717) is 16.6 Å². The zero-order valence-corrected chi connectivity index (χ0v) is 17.1. The molecule has 0 spiro atoms. The van der Waals surface area contributed by atoms with Gasteiger partial charge in [-0.3, -0.25) is 4.79 Å². The minimum atomic E-state index is -0.0214. The van der Waals surface area contributed by atoms with Crippen molar-refractivity contribution in [2.45, 2.75) is 85.1 Å². The molecule has 2 aliphatic rings. The smallest absolute Gasteiger partial charge is 0.256 e. The number of aromatic nitrogens is 3. The second-order valence-electron chi connectivity index (χ2n) is 9.51. The standard InChI is InChI=1S/C22H32N4O/c1-14-17-7-5-6-8-19(17)26-20(24-14)18(13-23-26)21(27)25-16-11-9-15(10-12-16)22(2,3)4/h13,15-16H,5-12H2,1-4H3,(H,25,27). The van der Waals surface area contributed by atoms with Gasteiger partial charge in [0.1, 0.15) is 5.56 Å². The van der Waals surface area contributed by atoms with Crippen LogP contribution in [0.2, 0.25) is 0 Å². The quantitative estimate of drug-likeness (QED) is 0.862. The summed E-state index contributed by atoms with van der Waals surface area (Å²) < 4.78 is 1.91. The molecule has 1 amide bonds. The van der Waals surface area contributed by atoms with Gasteiger partial charge >= 0.3 is 0 Å². The lowest BCUT2D eigenvalue weighted by molar-refractivity contribution is 0.0905. The second kappa shape index (κ2) is 6.92. The normalized spacial score (nSPS) is 23.3. The number of carbonyl (C=O) groups is 1. The van der Waals surface area contributed by atoms with Gasteiger partial charge < -0.3 is 5.32 Å². The highest BCUT2D eigenvalue weighted by Gasteiger charge is 2.31. The number of hydrogen-bond donors (Lipinski definition) is 1. The molecule has 4 rings (SSSR count). The summed E-state index contributed by atoms with van der Waals surface area (Å²) in [6.45, 7) is 9.03. The van der Waals surface area contributed by atoms with Crippen LogP contribution in [0.1, 0.15) is 86.6 Å². The van der Waals surface area contributed by atoms with Gasteiger partial charge in [-0.1, -0.05) is 20.8 Å². The van der Waals surface area contributed by atoms with Crippen molar-refractivity contribution in [3.63, 3.8) is 0 Å². The Balaban J connectivity index is 1.52. The minimum absolute atomic E-state index is 0.0214. The summed E-state index contributed by atoms with van der Waals surface area (Å²) >= 11 is 0. The molecule has 1 saturated carbocycles. The van der Waals surface area contributed by atoms with Crippen LogP contribution < -0.4 is 5.32 Å². The van der Waals surface area contributed by atoms with E-state index in [0.717, 1.165) is 37.3 Å². The zero-order valence-electron chi connectivity index (χ0n) is 17.1. The molecule has 0 aliphatic heterocycles. The third-order valence-corrected chi connectivity index (χ3v) is 6.68. The Kier molecular flexibility index (Phi) is 4.73. The number of nitrogens with one attached hydrogen (secondary N) is 1. The van der Waals surface area contributed by atoms with Crippen molar-refractivity contribution in [3.05, 3.63) is 28.7 Å². The molecule has 2 heterocycles. The minimum Gasteiger partial charge on any atom is -0.349 e. The van der Waals surface area contributed by atoms with Crippen molar-refractivity contribution >= 4 is 11.6 Å². The van der Waals surface area contributed by atoms with Gasteiger partial charge in [0.2, 0.25) is 0 Å². The molecule has 0 atom stereocenters. The molecule has 27 heavy (non-hydrogen) atoms. The lowest BCUT2D eigenvalue weighted by atomic mass is 9.71. The molecule has 1 N–H and O–H groups in total. The van der Waals surface area contributed by atoms with Crippen molar-refractivity contribution in [2.24, 2.45) is 11.3 Å². The first-order valence-electron chi connectivity index (χ1n) is 10.5. The van der Waals surface area contributed by atoms with E-state index in [-0.39, 0.29) is 11.9 Å². The lowest BCUT2D eigenvalue weighted by Crippen LogP contribution is -2.39. The van der Waals surface area contributed by atoms with Gasteiger partial charge in [0.25, 0.3) is 5.91 Å². The maximum Gasteiger partial charge on any atom is 0.256 e. The van der Waals surface area contributed by atoms with Crippen molar-refractivity contribution < 1.29 is 4.79 Å². The SMILES string of the molecule is Cc1nc2c(C(=O)NC3CCC(C(C)(C)C)CC3)cnn2c2c1CCCC2. The molecule has 1 fully saturated rings. The molecule has 146 valence electrons. The Labute approximate surface area is 161 Å². The molecule has 0 radical (unpaired) electrons. The number of fused-ring (bicyclic) bond motifs is 3. The zero-order chi connectivity index (χ0) is 19.2. The number of carbonyl (C=O) groups excluding carboxylic acids is 1. The van der Waals surface area contributed by atoms with Crippen molar-refractivity contribution in [3.8, 4) is 0 Å². The third kappa shape index (κ3) is 3.48. The topological polar surface area (TPSA) is 59.3 Å². The number of nitrogens with zero attached hydrogens (tertiary/aromatic N) is 3. The van der Waals surface area contributed by atoms with E-state index in [4.69, 9.17) is 4.98 Å². The molecular formula is C22H32N4O. The van der Waals surface area contributed by atoms with Crippen LogP contribution in [0, 0.1) is 18.3 Å². The predicted molar refractivity (Wildman–Crippen MR) is 107 cm³/mol. The lowest BCUT2D eigenvalue weighted by Gasteiger charge is -2.37. The fraction of sp³-hybridized carbons (Fsp3) is 0.682. The van der Waals surface area contributed by atoms with Crippen molar-refractivity contribution in [1.29, 1.82) is 0 Å². The Bertz CT molecular complexity index is 853. The second-order valence-corrected chi connectivity index (χ2v) is 9.51. The van der Waals surface area contributed by atoms with Gasteiger partial charge in [-0.15, -0.1) is 0 Å². The maximum absolute atomic E-state index is 12.9. The summed E-state index contributed by atoms with van der Waals surface area (Å²) in [6.07, 6.45) is 10.7. The van der Waals surface area contributed by atoms with Gasteiger partial charge in [-0.25, -0.2) is 9.50 Å². The Morgan fingerprint density at radius 3 is 2.56 bits per heavy atom. The summed E-state index contributed by atoms with van der Waals surface area (Å²) in [5.41, 5.74) is 5.31. The summed E-state index contributed by atoms with van der Waals surface area (Å²) in [6, 6.07) is 0.268. The van der Waals surface area contributed by atoms with Crippen LogP contribution in [0.4, 0.5) is 0 Å². The van der Waals surface area contributed by atoms with Gasteiger partial charge in [-0.2, -0.15) is 5.10 Å². The number of amides is 1. The molecule has 0 saturated heterocycles. The van der Waals surface area contributed by atoms with E-state index in [1.807, 2.05) is 4.52 Å². The predicted octanol–water partition coefficient (Wildman–Crippen LogP) is 4.25. The number of rotatable bonds is 2.